The molecule has 31 heavy (non-hydrogen) atoms. The van der Waals surface area contributed by atoms with Crippen molar-refractivity contribution in [1.29, 1.82) is 0 Å². The third-order valence-electron chi connectivity index (χ3n) is 5.29. The summed E-state index contributed by atoms with van der Waals surface area (Å²) < 4.78 is 11.5. The van der Waals surface area contributed by atoms with Crippen molar-refractivity contribution in [2.24, 2.45) is 0 Å². The van der Waals surface area contributed by atoms with Crippen molar-refractivity contribution in [2.75, 3.05) is 31.8 Å². The summed E-state index contributed by atoms with van der Waals surface area (Å²) in [4.78, 5) is 40.5. The standard InChI is InChI=1S/C22H28N4O5/c1-5-31-20(28)16-13-18-19(27)26(17-10-7-6-9-15(17)2)22(3,14-25(18)24-16)21(29)23-11-8-12-30-4/h6-7,9-10,13H,5,8,11-12,14H2,1-4H3,(H,23,29)/t22-/m1/s1. The van der Waals surface area contributed by atoms with Gasteiger partial charge in [-0.25, -0.2) is 4.79 Å². The SMILES string of the molecule is CCOC(=O)c1cc2n(n1)C[C@](C)(C(=O)NCCCOC)N(c1ccccc1C)C2=O. The van der Waals surface area contributed by atoms with Crippen LogP contribution in [0.5, 0.6) is 0 Å². The van der Waals surface area contributed by atoms with Crippen LogP contribution in [0, 0.1) is 6.92 Å². The van der Waals surface area contributed by atoms with Crippen molar-refractivity contribution >= 4 is 23.5 Å². The number of anilines is 1. The minimum Gasteiger partial charge on any atom is -0.461 e. The number of fused-ring (bicyclic) bond motifs is 1. The summed E-state index contributed by atoms with van der Waals surface area (Å²) in [6.45, 7) is 6.52. The van der Waals surface area contributed by atoms with Crippen LogP contribution in [0.2, 0.25) is 0 Å². The van der Waals surface area contributed by atoms with Gasteiger partial charge in [-0.05, 0) is 38.8 Å². The second-order valence-corrected chi connectivity index (χ2v) is 7.60. The fraction of sp³-hybridized carbons (Fsp3) is 0.455. The number of esters is 1. The number of aromatic nitrogens is 2. The molecular weight excluding hydrogens is 400 g/mol. The minimum absolute atomic E-state index is 0.0414. The Morgan fingerprint density at radius 1 is 1.29 bits per heavy atom. The van der Waals surface area contributed by atoms with E-state index in [1.54, 1.807) is 21.0 Å². The quantitative estimate of drug-likeness (QED) is 0.509. The first-order valence-corrected chi connectivity index (χ1v) is 10.3. The van der Waals surface area contributed by atoms with Crippen LogP contribution in [0.1, 0.15) is 46.8 Å². The lowest BCUT2D eigenvalue weighted by Crippen LogP contribution is -2.64. The van der Waals surface area contributed by atoms with Crippen molar-refractivity contribution < 1.29 is 23.9 Å². The number of aryl methyl sites for hydroxylation is 1. The molecule has 0 bridgehead atoms. The van der Waals surface area contributed by atoms with Gasteiger partial charge >= 0.3 is 5.97 Å². The smallest absolute Gasteiger partial charge is 0.358 e. The molecule has 0 unspecified atom stereocenters. The normalized spacial score (nSPS) is 17.9. The summed E-state index contributed by atoms with van der Waals surface area (Å²) in [6.07, 6.45) is 0.649. The van der Waals surface area contributed by atoms with Gasteiger partial charge < -0.3 is 14.8 Å². The van der Waals surface area contributed by atoms with Crippen molar-refractivity contribution in [3.8, 4) is 0 Å². The van der Waals surface area contributed by atoms with E-state index in [9.17, 15) is 14.4 Å². The Hall–Kier alpha value is -3.20. The van der Waals surface area contributed by atoms with E-state index in [1.807, 2.05) is 31.2 Å². The maximum atomic E-state index is 13.6. The predicted octanol–water partition coefficient (Wildman–Crippen LogP) is 1.94. The molecule has 166 valence electrons. The summed E-state index contributed by atoms with van der Waals surface area (Å²) in [6, 6.07) is 8.81. The lowest BCUT2D eigenvalue weighted by atomic mass is 9.93. The molecule has 0 radical (unpaired) electrons. The van der Waals surface area contributed by atoms with E-state index in [0.717, 1.165) is 5.56 Å². The van der Waals surface area contributed by atoms with Crippen LogP contribution in [0.15, 0.2) is 30.3 Å². The van der Waals surface area contributed by atoms with Crippen molar-refractivity contribution in [3.63, 3.8) is 0 Å². The third kappa shape index (κ3) is 4.32. The van der Waals surface area contributed by atoms with Crippen molar-refractivity contribution in [2.45, 2.75) is 39.3 Å². The minimum atomic E-state index is -1.25. The van der Waals surface area contributed by atoms with Gasteiger partial charge in [0.1, 0.15) is 11.2 Å². The number of carbonyl (C=O) groups is 3. The summed E-state index contributed by atoms with van der Waals surface area (Å²) in [7, 11) is 1.60. The number of benzene rings is 1. The van der Waals surface area contributed by atoms with Crippen LogP contribution < -0.4 is 10.2 Å². The monoisotopic (exact) mass is 428 g/mol. The van der Waals surface area contributed by atoms with Crippen LogP contribution in [0.25, 0.3) is 0 Å². The molecule has 2 aromatic rings. The van der Waals surface area contributed by atoms with Gasteiger partial charge in [-0.15, -0.1) is 0 Å². The molecule has 0 aliphatic carbocycles. The number of para-hydroxylation sites is 1. The molecule has 2 heterocycles. The van der Waals surface area contributed by atoms with E-state index >= 15 is 0 Å². The number of nitrogens with one attached hydrogen (secondary N) is 1. The van der Waals surface area contributed by atoms with E-state index in [4.69, 9.17) is 9.47 Å². The first-order valence-electron chi connectivity index (χ1n) is 10.3. The van der Waals surface area contributed by atoms with E-state index in [0.29, 0.717) is 25.3 Å². The first-order chi connectivity index (χ1) is 14.8. The molecule has 0 spiro atoms. The number of amides is 2. The van der Waals surface area contributed by atoms with Crippen LogP contribution in [-0.2, 0) is 20.8 Å². The maximum absolute atomic E-state index is 13.6. The lowest BCUT2D eigenvalue weighted by Gasteiger charge is -2.43. The van der Waals surface area contributed by atoms with Gasteiger partial charge in [-0.3, -0.25) is 19.2 Å². The number of rotatable bonds is 8. The van der Waals surface area contributed by atoms with E-state index in [-0.39, 0.29) is 30.4 Å². The van der Waals surface area contributed by atoms with Gasteiger partial charge in [0.25, 0.3) is 5.91 Å². The Kier molecular flexibility index (Phi) is 6.74. The van der Waals surface area contributed by atoms with Gasteiger partial charge in [-0.1, -0.05) is 18.2 Å². The average Bonchev–Trinajstić information content (AvgIpc) is 3.16. The number of nitrogens with zero attached hydrogens (tertiary/aromatic N) is 3. The van der Waals surface area contributed by atoms with Crippen molar-refractivity contribution in [3.05, 3.63) is 47.3 Å². The molecule has 9 heteroatoms. The fourth-order valence-electron chi connectivity index (χ4n) is 3.69. The average molecular weight is 428 g/mol. The number of methoxy groups -OCH3 is 1. The topological polar surface area (TPSA) is 103 Å². The molecule has 3 rings (SSSR count). The second kappa shape index (κ2) is 9.30. The zero-order chi connectivity index (χ0) is 22.6. The molecular formula is C22H28N4O5. The van der Waals surface area contributed by atoms with Crippen LogP contribution in [0.3, 0.4) is 0 Å². The van der Waals surface area contributed by atoms with Gasteiger partial charge in [-0.2, -0.15) is 5.10 Å². The lowest BCUT2D eigenvalue weighted by molar-refractivity contribution is -0.126. The Balaban J connectivity index is 2.03. The highest BCUT2D eigenvalue weighted by Crippen LogP contribution is 2.34. The summed E-state index contributed by atoms with van der Waals surface area (Å²) in [5.74, 6) is -1.32. The number of carbonyl (C=O) groups excluding carboxylic acids is 3. The summed E-state index contributed by atoms with van der Waals surface area (Å²) in [5.41, 5.74) is 0.511. The highest BCUT2D eigenvalue weighted by Gasteiger charge is 2.49. The van der Waals surface area contributed by atoms with Crippen LogP contribution >= 0.6 is 0 Å². The number of ether oxygens (including phenoxy) is 2. The number of hydrogen-bond acceptors (Lipinski definition) is 6. The van der Waals surface area contributed by atoms with Gasteiger partial charge in [0, 0.05) is 32.0 Å². The highest BCUT2D eigenvalue weighted by molar-refractivity contribution is 6.12. The van der Waals surface area contributed by atoms with E-state index in [2.05, 4.69) is 10.4 Å². The Labute approximate surface area is 181 Å². The molecule has 1 aliphatic heterocycles. The molecule has 1 atom stereocenters. The maximum Gasteiger partial charge on any atom is 0.358 e. The first kappa shape index (κ1) is 22.5. The van der Waals surface area contributed by atoms with Crippen LogP contribution in [0.4, 0.5) is 5.69 Å². The molecule has 0 fully saturated rings. The largest absolute Gasteiger partial charge is 0.461 e. The zero-order valence-electron chi connectivity index (χ0n) is 18.3. The Morgan fingerprint density at radius 2 is 2.03 bits per heavy atom. The molecule has 1 aliphatic rings. The van der Waals surface area contributed by atoms with Gasteiger partial charge in [0.15, 0.2) is 5.69 Å². The highest BCUT2D eigenvalue weighted by atomic mass is 16.5. The second-order valence-electron chi connectivity index (χ2n) is 7.60. The molecule has 0 saturated carbocycles. The molecule has 1 aromatic heterocycles. The molecule has 1 N–H and O–H groups in total. The van der Waals surface area contributed by atoms with Crippen LogP contribution in [-0.4, -0.2) is 60.0 Å². The molecule has 2 amide bonds. The van der Waals surface area contributed by atoms with Gasteiger partial charge in [0.05, 0.1) is 13.2 Å². The van der Waals surface area contributed by atoms with Gasteiger partial charge in [0.2, 0.25) is 5.91 Å². The molecule has 0 saturated heterocycles. The molecule has 1 aromatic carbocycles. The summed E-state index contributed by atoms with van der Waals surface area (Å²) in [5, 5.41) is 7.16. The Morgan fingerprint density at radius 3 is 2.71 bits per heavy atom. The van der Waals surface area contributed by atoms with Crippen molar-refractivity contribution in [1.82, 2.24) is 15.1 Å². The third-order valence-corrected chi connectivity index (χ3v) is 5.29. The fourth-order valence-corrected chi connectivity index (χ4v) is 3.69. The Bertz CT molecular complexity index is 986. The predicted molar refractivity (Wildman–Crippen MR) is 114 cm³/mol. The molecule has 9 nitrogen and oxygen atoms in total. The summed E-state index contributed by atoms with van der Waals surface area (Å²) >= 11 is 0. The van der Waals surface area contributed by atoms with E-state index < -0.39 is 17.4 Å². The number of hydrogen-bond donors (Lipinski definition) is 1. The van der Waals surface area contributed by atoms with E-state index in [1.165, 1.54) is 15.6 Å². The zero-order valence-corrected chi connectivity index (χ0v) is 18.3.